The highest BCUT2D eigenvalue weighted by Crippen LogP contribution is 2.59. The summed E-state index contributed by atoms with van der Waals surface area (Å²) in [4.78, 5) is 0. The van der Waals surface area contributed by atoms with Gasteiger partial charge in [0.1, 0.15) is 0 Å². The molecule has 0 spiro atoms. The Bertz CT molecular complexity index is 235. The molecule has 1 saturated carbocycles. The first-order valence-electron chi connectivity index (χ1n) is 4.42. The zero-order valence-electron chi connectivity index (χ0n) is 7.83. The number of rotatable bonds is 1. The molecule has 0 aromatic heterocycles. The molecule has 0 aliphatic heterocycles. The lowest BCUT2D eigenvalue weighted by Crippen LogP contribution is -2.23. The number of hydrogen-bond acceptors (Lipinski definition) is 0. The van der Waals surface area contributed by atoms with Gasteiger partial charge in [-0.1, -0.05) is 13.8 Å². The van der Waals surface area contributed by atoms with E-state index in [1.54, 1.807) is 0 Å². The fourth-order valence-electron chi connectivity index (χ4n) is 1.14. The molecule has 13 heavy (non-hydrogen) atoms. The van der Waals surface area contributed by atoms with Crippen LogP contribution in [0, 0.1) is 23.2 Å². The summed E-state index contributed by atoms with van der Waals surface area (Å²) in [5.74, 6) is 5.54. The van der Waals surface area contributed by atoms with Crippen molar-refractivity contribution in [2.75, 3.05) is 0 Å². The highest BCUT2D eigenvalue weighted by atomic mass is 19.4. The molecule has 74 valence electrons. The second kappa shape index (κ2) is 3.25. The largest absolute Gasteiger partial charge is 0.395 e. The molecule has 0 radical (unpaired) electrons. The van der Waals surface area contributed by atoms with Gasteiger partial charge in [0.25, 0.3) is 0 Å². The Morgan fingerprint density at radius 1 is 1.31 bits per heavy atom. The van der Waals surface area contributed by atoms with E-state index in [4.69, 9.17) is 0 Å². The molecule has 1 aliphatic carbocycles. The maximum absolute atomic E-state index is 12.4. The predicted octanol–water partition coefficient (Wildman–Crippen LogP) is 3.38. The smallest absolute Gasteiger partial charge is 0.170 e. The van der Waals surface area contributed by atoms with Crippen molar-refractivity contribution >= 4 is 0 Å². The van der Waals surface area contributed by atoms with E-state index in [0.717, 1.165) is 0 Å². The zero-order chi connectivity index (χ0) is 10.1. The van der Waals surface area contributed by atoms with Gasteiger partial charge in [-0.25, -0.2) is 0 Å². The summed E-state index contributed by atoms with van der Waals surface area (Å²) < 4.78 is 37.1. The number of alkyl halides is 3. The van der Waals surface area contributed by atoms with Crippen LogP contribution in [0.25, 0.3) is 0 Å². The maximum Gasteiger partial charge on any atom is 0.395 e. The molecule has 0 amide bonds. The predicted molar refractivity (Wildman–Crippen MR) is 45.0 cm³/mol. The van der Waals surface area contributed by atoms with Gasteiger partial charge in [0.05, 0.1) is 5.41 Å². The van der Waals surface area contributed by atoms with E-state index >= 15 is 0 Å². The first kappa shape index (κ1) is 10.4. The first-order chi connectivity index (χ1) is 5.87. The van der Waals surface area contributed by atoms with E-state index in [-0.39, 0.29) is 25.2 Å². The van der Waals surface area contributed by atoms with Gasteiger partial charge in [-0.15, -0.1) is 11.8 Å². The third-order valence-electron chi connectivity index (χ3n) is 2.27. The van der Waals surface area contributed by atoms with Crippen molar-refractivity contribution in [3.05, 3.63) is 0 Å². The van der Waals surface area contributed by atoms with Crippen LogP contribution in [0.4, 0.5) is 13.2 Å². The van der Waals surface area contributed by atoms with Crippen LogP contribution in [-0.2, 0) is 0 Å². The van der Waals surface area contributed by atoms with E-state index in [1.165, 1.54) is 0 Å². The standard InChI is InChI=1S/C10H13F3/c1-8(2)4-3-5-9(6-7-9)10(11,12)13/h8H,5-7H2,1-2H3. The minimum atomic E-state index is -4.06. The molecule has 0 atom stereocenters. The summed E-state index contributed by atoms with van der Waals surface area (Å²) in [5, 5.41) is 0. The monoisotopic (exact) mass is 190 g/mol. The van der Waals surface area contributed by atoms with E-state index in [1.807, 2.05) is 13.8 Å². The summed E-state index contributed by atoms with van der Waals surface area (Å²) in [5.41, 5.74) is -1.45. The van der Waals surface area contributed by atoms with Crippen molar-refractivity contribution in [3.8, 4) is 11.8 Å². The van der Waals surface area contributed by atoms with Gasteiger partial charge < -0.3 is 0 Å². The van der Waals surface area contributed by atoms with Gasteiger partial charge in [-0.05, 0) is 12.8 Å². The highest BCUT2D eigenvalue weighted by molar-refractivity contribution is 5.11. The molecule has 0 N–H and O–H groups in total. The van der Waals surface area contributed by atoms with Gasteiger partial charge in [0.2, 0.25) is 0 Å². The number of halogens is 3. The third kappa shape index (κ3) is 2.40. The van der Waals surface area contributed by atoms with E-state index < -0.39 is 11.6 Å². The van der Waals surface area contributed by atoms with Crippen LogP contribution < -0.4 is 0 Å². The van der Waals surface area contributed by atoms with Crippen molar-refractivity contribution < 1.29 is 13.2 Å². The molecule has 1 rings (SSSR count). The van der Waals surface area contributed by atoms with E-state index in [9.17, 15) is 13.2 Å². The molecule has 3 heteroatoms. The van der Waals surface area contributed by atoms with Gasteiger partial charge in [-0.3, -0.25) is 0 Å². The number of hydrogen-bond donors (Lipinski definition) is 0. The van der Waals surface area contributed by atoms with Crippen LogP contribution in [0.2, 0.25) is 0 Å². The Hall–Kier alpha value is -0.650. The summed E-state index contributed by atoms with van der Waals surface area (Å²) in [6.45, 7) is 3.75. The lowest BCUT2D eigenvalue weighted by Gasteiger charge is -2.15. The fraction of sp³-hybridized carbons (Fsp3) is 0.800. The summed E-state index contributed by atoms with van der Waals surface area (Å²) in [6.07, 6.45) is -3.57. The lowest BCUT2D eigenvalue weighted by molar-refractivity contribution is -0.185. The molecular weight excluding hydrogens is 177 g/mol. The van der Waals surface area contributed by atoms with E-state index in [0.29, 0.717) is 0 Å². The Labute approximate surface area is 76.5 Å². The average molecular weight is 190 g/mol. The molecule has 1 aliphatic rings. The van der Waals surface area contributed by atoms with E-state index in [2.05, 4.69) is 11.8 Å². The summed E-state index contributed by atoms with van der Waals surface area (Å²) in [7, 11) is 0. The van der Waals surface area contributed by atoms with Crippen LogP contribution in [0.1, 0.15) is 33.1 Å². The van der Waals surface area contributed by atoms with Gasteiger partial charge >= 0.3 is 6.18 Å². The maximum atomic E-state index is 12.4. The Morgan fingerprint density at radius 3 is 2.15 bits per heavy atom. The molecular formula is C10H13F3. The Balaban J connectivity index is 2.52. The molecule has 0 nitrogen and oxygen atoms in total. The van der Waals surface area contributed by atoms with Crippen molar-refractivity contribution in [2.24, 2.45) is 11.3 Å². The van der Waals surface area contributed by atoms with Gasteiger partial charge in [0, 0.05) is 12.3 Å². The van der Waals surface area contributed by atoms with Crippen molar-refractivity contribution in [1.82, 2.24) is 0 Å². The molecule has 0 saturated heterocycles. The molecule has 0 heterocycles. The van der Waals surface area contributed by atoms with Crippen LogP contribution in [0.15, 0.2) is 0 Å². The molecule has 0 aromatic carbocycles. The Kier molecular flexibility index (Phi) is 2.61. The van der Waals surface area contributed by atoms with Gasteiger partial charge in [-0.2, -0.15) is 13.2 Å². The molecule has 0 aromatic rings. The lowest BCUT2D eigenvalue weighted by atomic mass is 10.0. The minimum absolute atomic E-state index is 0.0192. The second-order valence-electron chi connectivity index (χ2n) is 3.93. The average Bonchev–Trinajstić information content (AvgIpc) is 2.65. The minimum Gasteiger partial charge on any atom is -0.170 e. The van der Waals surface area contributed by atoms with Crippen molar-refractivity contribution in [2.45, 2.75) is 39.3 Å². The van der Waals surface area contributed by atoms with Crippen molar-refractivity contribution in [3.63, 3.8) is 0 Å². The molecule has 1 fully saturated rings. The summed E-state index contributed by atoms with van der Waals surface area (Å²) >= 11 is 0. The quantitative estimate of drug-likeness (QED) is 0.556. The van der Waals surface area contributed by atoms with Crippen LogP contribution >= 0.6 is 0 Å². The SMILES string of the molecule is CC(C)C#CCC1(C(F)(F)F)CC1. The summed E-state index contributed by atoms with van der Waals surface area (Å²) in [6, 6.07) is 0. The highest BCUT2D eigenvalue weighted by Gasteiger charge is 2.62. The topological polar surface area (TPSA) is 0 Å². The Morgan fingerprint density at radius 2 is 1.85 bits per heavy atom. The second-order valence-corrected chi connectivity index (χ2v) is 3.93. The van der Waals surface area contributed by atoms with Crippen LogP contribution in [0.3, 0.4) is 0 Å². The first-order valence-corrected chi connectivity index (χ1v) is 4.42. The van der Waals surface area contributed by atoms with Crippen molar-refractivity contribution in [1.29, 1.82) is 0 Å². The normalized spacial score (nSPS) is 19.5. The van der Waals surface area contributed by atoms with Crippen LogP contribution in [-0.4, -0.2) is 6.18 Å². The zero-order valence-corrected chi connectivity index (χ0v) is 7.83. The van der Waals surface area contributed by atoms with Crippen LogP contribution in [0.5, 0.6) is 0 Å². The fourth-order valence-corrected chi connectivity index (χ4v) is 1.14. The molecule has 0 unspecified atom stereocenters. The van der Waals surface area contributed by atoms with Gasteiger partial charge in [0.15, 0.2) is 0 Å². The molecule has 0 bridgehead atoms. The third-order valence-corrected chi connectivity index (χ3v) is 2.27.